The first-order valence-electron chi connectivity index (χ1n) is 10.7. The highest BCUT2D eigenvalue weighted by Crippen LogP contribution is 2.39. The first-order chi connectivity index (χ1) is 17.4. The van der Waals surface area contributed by atoms with Gasteiger partial charge in [-0.3, -0.25) is 9.79 Å². The molecule has 3 heterocycles. The van der Waals surface area contributed by atoms with Crippen molar-refractivity contribution < 1.29 is 28.9 Å². The third-order valence-corrected chi connectivity index (χ3v) is 5.33. The topological polar surface area (TPSA) is 159 Å². The number of carboxylic acid groups (broad SMARTS) is 1. The maximum Gasteiger partial charge on any atom is 0.339 e. The molecule has 0 radical (unpaired) electrons. The standard InChI is InChI=1S/C24H18N6O6/c1-30-8-7-26-20(30)14-3-2-4-15(10-14)35-24-28-21-19(27-18(31)12-34-21)22(29-24)36-17-9-13(11-25)5-6-16(17)23(32)33/h2-6,9-10H,7-8,12H2,1H3,(H,27,31)(H,32,33). The van der Waals surface area contributed by atoms with Gasteiger partial charge in [-0.2, -0.15) is 15.2 Å². The molecular weight excluding hydrogens is 468 g/mol. The van der Waals surface area contributed by atoms with Gasteiger partial charge < -0.3 is 29.5 Å². The van der Waals surface area contributed by atoms with Gasteiger partial charge in [0.15, 0.2) is 12.3 Å². The summed E-state index contributed by atoms with van der Waals surface area (Å²) < 4.78 is 17.1. The van der Waals surface area contributed by atoms with Crippen LogP contribution in [-0.2, 0) is 4.79 Å². The number of hydrogen-bond acceptors (Lipinski definition) is 10. The van der Waals surface area contributed by atoms with Gasteiger partial charge in [0.2, 0.25) is 5.88 Å². The number of nitrogens with zero attached hydrogens (tertiary/aromatic N) is 5. The second-order valence-electron chi connectivity index (χ2n) is 7.82. The van der Waals surface area contributed by atoms with Crippen molar-refractivity contribution in [2.24, 2.45) is 4.99 Å². The minimum atomic E-state index is -1.27. The maximum absolute atomic E-state index is 11.9. The van der Waals surface area contributed by atoms with E-state index < -0.39 is 11.9 Å². The second-order valence-corrected chi connectivity index (χ2v) is 7.82. The lowest BCUT2D eigenvalue weighted by atomic mass is 10.1. The molecule has 0 fully saturated rings. The number of benzene rings is 2. The van der Waals surface area contributed by atoms with Crippen LogP contribution in [0.1, 0.15) is 21.5 Å². The van der Waals surface area contributed by atoms with E-state index in [-0.39, 0.29) is 46.9 Å². The van der Waals surface area contributed by atoms with Gasteiger partial charge in [0, 0.05) is 19.2 Å². The molecule has 0 saturated carbocycles. The average molecular weight is 486 g/mol. The highest BCUT2D eigenvalue weighted by atomic mass is 16.5. The highest BCUT2D eigenvalue weighted by molar-refractivity contribution is 6.00. The van der Waals surface area contributed by atoms with Crippen molar-refractivity contribution in [3.63, 3.8) is 0 Å². The van der Waals surface area contributed by atoms with Gasteiger partial charge in [-0.25, -0.2) is 4.79 Å². The lowest BCUT2D eigenvalue weighted by Gasteiger charge is -2.20. The van der Waals surface area contributed by atoms with Crippen molar-refractivity contribution in [2.75, 3.05) is 32.1 Å². The van der Waals surface area contributed by atoms with Gasteiger partial charge in [-0.1, -0.05) is 12.1 Å². The molecule has 1 aromatic heterocycles. The van der Waals surface area contributed by atoms with E-state index in [0.717, 1.165) is 17.9 Å². The Labute approximate surface area is 204 Å². The Morgan fingerprint density at radius 3 is 2.83 bits per heavy atom. The monoisotopic (exact) mass is 486 g/mol. The van der Waals surface area contributed by atoms with Gasteiger partial charge >= 0.3 is 12.0 Å². The number of likely N-dealkylation sites (N-methyl/N-ethyl adjacent to an activating group) is 1. The van der Waals surface area contributed by atoms with Gasteiger partial charge in [0.1, 0.15) is 22.9 Å². The molecule has 2 aromatic carbocycles. The molecule has 0 saturated heterocycles. The van der Waals surface area contributed by atoms with Gasteiger partial charge in [0.25, 0.3) is 11.8 Å². The second kappa shape index (κ2) is 9.22. The number of anilines is 1. The van der Waals surface area contributed by atoms with Crippen molar-refractivity contribution in [2.45, 2.75) is 0 Å². The summed E-state index contributed by atoms with van der Waals surface area (Å²) in [5.41, 5.74) is 0.824. The molecule has 12 nitrogen and oxygen atoms in total. The molecule has 36 heavy (non-hydrogen) atoms. The Hall–Kier alpha value is -5.18. The number of rotatable bonds is 6. The Bertz CT molecular complexity index is 1460. The van der Waals surface area contributed by atoms with Crippen LogP contribution < -0.4 is 19.5 Å². The molecule has 12 heteroatoms. The zero-order valence-electron chi connectivity index (χ0n) is 18.9. The minimum absolute atomic E-state index is 0.00739. The number of carboxylic acids is 1. The number of hydrogen-bond donors (Lipinski definition) is 2. The van der Waals surface area contributed by atoms with Crippen molar-refractivity contribution in [3.8, 4) is 35.3 Å². The lowest BCUT2D eigenvalue weighted by Crippen LogP contribution is -2.26. The fourth-order valence-corrected chi connectivity index (χ4v) is 3.65. The number of ether oxygens (including phenoxy) is 3. The summed E-state index contributed by atoms with van der Waals surface area (Å²) in [6.07, 6.45) is 0. The zero-order chi connectivity index (χ0) is 25.2. The van der Waals surface area contributed by atoms with Gasteiger partial charge in [0.05, 0.1) is 18.2 Å². The van der Waals surface area contributed by atoms with Crippen LogP contribution in [0.4, 0.5) is 5.69 Å². The van der Waals surface area contributed by atoms with Crippen molar-refractivity contribution >= 4 is 23.4 Å². The average Bonchev–Trinajstić information content (AvgIpc) is 3.30. The number of nitrogens with one attached hydrogen (secondary N) is 1. The Morgan fingerprint density at radius 1 is 1.22 bits per heavy atom. The minimum Gasteiger partial charge on any atom is -0.478 e. The molecule has 0 atom stereocenters. The van der Waals surface area contributed by atoms with Crippen LogP contribution in [0, 0.1) is 11.3 Å². The molecule has 2 N–H and O–H groups in total. The summed E-state index contributed by atoms with van der Waals surface area (Å²) in [5, 5.41) is 21.3. The van der Waals surface area contributed by atoms with Crippen LogP contribution in [0.25, 0.3) is 0 Å². The molecule has 2 aliphatic heterocycles. The SMILES string of the molecule is CN1CCN=C1c1cccc(Oc2nc3c(c(Oc4cc(C#N)ccc4C(=O)O)n2)NC(=O)CO3)c1. The summed E-state index contributed by atoms with van der Waals surface area (Å²) in [4.78, 5) is 38.6. The number of carbonyl (C=O) groups is 2. The fourth-order valence-electron chi connectivity index (χ4n) is 3.65. The van der Waals surface area contributed by atoms with E-state index in [9.17, 15) is 20.0 Å². The Balaban J connectivity index is 1.52. The molecule has 0 aliphatic carbocycles. The summed E-state index contributed by atoms with van der Waals surface area (Å²) in [6, 6.07) is 12.8. The van der Waals surface area contributed by atoms with E-state index >= 15 is 0 Å². The number of amidine groups is 1. The summed E-state index contributed by atoms with van der Waals surface area (Å²) in [7, 11) is 1.95. The third-order valence-electron chi connectivity index (χ3n) is 5.33. The Morgan fingerprint density at radius 2 is 2.08 bits per heavy atom. The van der Waals surface area contributed by atoms with E-state index in [1.54, 1.807) is 18.2 Å². The number of aliphatic imine (C=N–C) groups is 1. The number of aromatic carboxylic acids is 1. The van der Waals surface area contributed by atoms with Crippen LogP contribution in [0.3, 0.4) is 0 Å². The van der Waals surface area contributed by atoms with E-state index in [2.05, 4.69) is 20.3 Å². The number of nitriles is 1. The zero-order valence-corrected chi connectivity index (χ0v) is 18.9. The predicted molar refractivity (Wildman–Crippen MR) is 125 cm³/mol. The molecule has 0 bridgehead atoms. The summed E-state index contributed by atoms with van der Waals surface area (Å²) in [6.45, 7) is 1.25. The number of aromatic nitrogens is 2. The van der Waals surface area contributed by atoms with Crippen LogP contribution in [-0.4, -0.2) is 64.4 Å². The van der Waals surface area contributed by atoms with E-state index in [4.69, 9.17) is 14.2 Å². The molecule has 0 unspecified atom stereocenters. The van der Waals surface area contributed by atoms with Crippen molar-refractivity contribution in [1.29, 1.82) is 5.26 Å². The van der Waals surface area contributed by atoms with E-state index in [1.165, 1.54) is 18.2 Å². The van der Waals surface area contributed by atoms with Crippen molar-refractivity contribution in [3.05, 3.63) is 59.2 Å². The van der Waals surface area contributed by atoms with Crippen molar-refractivity contribution in [1.82, 2.24) is 14.9 Å². The third kappa shape index (κ3) is 4.45. The first kappa shape index (κ1) is 22.6. The number of fused-ring (bicyclic) bond motifs is 1. The van der Waals surface area contributed by atoms with Crippen LogP contribution >= 0.6 is 0 Å². The van der Waals surface area contributed by atoms with Crippen LogP contribution in [0.5, 0.6) is 29.3 Å². The van der Waals surface area contributed by atoms with E-state index in [0.29, 0.717) is 12.3 Å². The molecule has 2 aliphatic rings. The van der Waals surface area contributed by atoms with E-state index in [1.807, 2.05) is 24.1 Å². The number of amides is 1. The van der Waals surface area contributed by atoms with Gasteiger partial charge in [-0.15, -0.1) is 0 Å². The molecule has 5 rings (SSSR count). The van der Waals surface area contributed by atoms with Crippen LogP contribution in [0.2, 0.25) is 0 Å². The molecule has 1 amide bonds. The quantitative estimate of drug-likeness (QED) is 0.530. The van der Waals surface area contributed by atoms with Crippen LogP contribution in [0.15, 0.2) is 47.5 Å². The summed E-state index contributed by atoms with van der Waals surface area (Å²) >= 11 is 0. The molecule has 3 aromatic rings. The largest absolute Gasteiger partial charge is 0.478 e. The fraction of sp³-hybridized carbons (Fsp3) is 0.167. The molecule has 0 spiro atoms. The number of carbonyl (C=O) groups excluding carboxylic acids is 1. The predicted octanol–water partition coefficient (Wildman–Crippen LogP) is 2.65. The lowest BCUT2D eigenvalue weighted by molar-refractivity contribution is -0.118. The first-order valence-corrected chi connectivity index (χ1v) is 10.7. The van der Waals surface area contributed by atoms with Gasteiger partial charge in [-0.05, 0) is 30.3 Å². The maximum atomic E-state index is 11.9. The Kier molecular flexibility index (Phi) is 5.79. The summed E-state index contributed by atoms with van der Waals surface area (Å²) in [5.74, 6) is -0.874. The molecular formula is C24H18N6O6. The highest BCUT2D eigenvalue weighted by Gasteiger charge is 2.27. The smallest absolute Gasteiger partial charge is 0.339 e. The molecule has 180 valence electrons. The normalized spacial score (nSPS) is 14.2.